The Morgan fingerprint density at radius 3 is 2.70 bits per heavy atom. The van der Waals surface area contributed by atoms with Crippen LogP contribution in [0.4, 0.5) is 0 Å². The Balaban J connectivity index is 1.36. The van der Waals surface area contributed by atoms with Gasteiger partial charge >= 0.3 is 0 Å². The van der Waals surface area contributed by atoms with E-state index in [1.54, 1.807) is 8.99 Å². The van der Waals surface area contributed by atoms with Gasteiger partial charge in [0.25, 0.3) is 0 Å². The lowest BCUT2D eigenvalue weighted by Gasteiger charge is -2.50. The second kappa shape index (κ2) is 5.86. The minimum Gasteiger partial charge on any atom is -0.339 e. The molecule has 2 aromatic heterocycles. The first kappa shape index (κ1) is 17.3. The summed E-state index contributed by atoms with van der Waals surface area (Å²) >= 11 is 0. The molecular formula is C17H24N6O3S. The van der Waals surface area contributed by atoms with Crippen molar-refractivity contribution in [3.8, 4) is 0 Å². The van der Waals surface area contributed by atoms with Crippen molar-refractivity contribution in [1.82, 2.24) is 29.1 Å². The topological polar surface area (TPSA) is 97.4 Å². The van der Waals surface area contributed by atoms with E-state index in [-0.39, 0.29) is 11.3 Å². The summed E-state index contributed by atoms with van der Waals surface area (Å²) in [7, 11) is -1.34. The summed E-state index contributed by atoms with van der Waals surface area (Å²) in [6.07, 6.45) is 7.39. The molecule has 1 unspecified atom stereocenters. The Kier molecular flexibility index (Phi) is 3.76. The molecule has 5 rings (SSSR count). The number of hydrogen-bond acceptors (Lipinski definition) is 7. The average molecular weight is 392 g/mol. The zero-order valence-electron chi connectivity index (χ0n) is 15.6. The normalized spacial score (nSPS) is 25.9. The van der Waals surface area contributed by atoms with Crippen LogP contribution in [0.3, 0.4) is 0 Å². The molecule has 4 heterocycles. The maximum Gasteiger partial charge on any atom is 0.231 e. The van der Waals surface area contributed by atoms with E-state index in [4.69, 9.17) is 4.52 Å². The van der Waals surface area contributed by atoms with Crippen molar-refractivity contribution in [2.24, 2.45) is 12.5 Å². The zero-order chi connectivity index (χ0) is 18.8. The van der Waals surface area contributed by atoms with Gasteiger partial charge in [0, 0.05) is 62.9 Å². The molecule has 0 radical (unpaired) electrons. The van der Waals surface area contributed by atoms with Crippen LogP contribution in [0, 0.1) is 5.41 Å². The van der Waals surface area contributed by atoms with E-state index in [9.17, 15) is 8.42 Å². The number of aromatic nitrogens is 4. The number of hydrogen-bond donors (Lipinski definition) is 0. The van der Waals surface area contributed by atoms with Crippen LogP contribution < -0.4 is 0 Å². The highest BCUT2D eigenvalue weighted by Crippen LogP contribution is 2.50. The standard InChI is InChI=1S/C17H24N6O3S/c1-21-6-12(5-18-21)7-22-9-17(10-22)11-23(27(2,24)25)8-14(17)16-19-15(20-26-16)13-3-4-13/h5-6,13-14H,3-4,7-11H2,1-2H3. The first-order valence-corrected chi connectivity index (χ1v) is 11.2. The smallest absolute Gasteiger partial charge is 0.231 e. The van der Waals surface area contributed by atoms with Gasteiger partial charge in [0.1, 0.15) is 0 Å². The molecule has 0 aromatic carbocycles. The molecule has 3 fully saturated rings. The number of sulfonamides is 1. The molecule has 2 aromatic rings. The molecular weight excluding hydrogens is 368 g/mol. The van der Waals surface area contributed by atoms with Gasteiger partial charge in [0.2, 0.25) is 15.9 Å². The predicted molar refractivity (Wildman–Crippen MR) is 96.3 cm³/mol. The summed E-state index contributed by atoms with van der Waals surface area (Å²) < 4.78 is 33.3. The maximum atomic E-state index is 12.2. The van der Waals surface area contributed by atoms with Crippen molar-refractivity contribution in [1.29, 1.82) is 0 Å². The van der Waals surface area contributed by atoms with Crippen molar-refractivity contribution in [3.05, 3.63) is 29.7 Å². The zero-order valence-corrected chi connectivity index (χ0v) is 16.4. The quantitative estimate of drug-likeness (QED) is 0.732. The average Bonchev–Trinajstić information content (AvgIpc) is 2.99. The first-order valence-electron chi connectivity index (χ1n) is 9.31. The summed E-state index contributed by atoms with van der Waals surface area (Å²) in [6, 6.07) is 0. The SMILES string of the molecule is Cn1cc(CN2CC3(C2)CN(S(C)(=O)=O)CC3c2nc(C3CC3)no2)cn1. The third-order valence-corrected chi connectivity index (χ3v) is 7.24. The van der Waals surface area contributed by atoms with Crippen molar-refractivity contribution < 1.29 is 12.9 Å². The lowest BCUT2D eigenvalue weighted by molar-refractivity contribution is -0.0117. The number of nitrogens with zero attached hydrogens (tertiary/aromatic N) is 6. The summed E-state index contributed by atoms with van der Waals surface area (Å²) in [4.78, 5) is 6.96. The molecule has 1 aliphatic carbocycles. The van der Waals surface area contributed by atoms with E-state index >= 15 is 0 Å². The van der Waals surface area contributed by atoms with Crippen LogP contribution >= 0.6 is 0 Å². The van der Waals surface area contributed by atoms with Crippen LogP contribution in [-0.2, 0) is 23.6 Å². The van der Waals surface area contributed by atoms with Gasteiger partial charge in [-0.05, 0) is 12.8 Å². The van der Waals surface area contributed by atoms with Crippen LogP contribution in [-0.4, -0.2) is 70.0 Å². The number of rotatable bonds is 5. The Hall–Kier alpha value is -1.78. The molecule has 1 atom stereocenters. The second-order valence-electron chi connectivity index (χ2n) is 8.40. The predicted octanol–water partition coefficient (Wildman–Crippen LogP) is 0.542. The Labute approximate surface area is 158 Å². The minimum atomic E-state index is -3.25. The van der Waals surface area contributed by atoms with Crippen molar-refractivity contribution in [3.63, 3.8) is 0 Å². The maximum absolute atomic E-state index is 12.2. The van der Waals surface area contributed by atoms with E-state index in [2.05, 4.69) is 20.1 Å². The number of likely N-dealkylation sites (tertiary alicyclic amines) is 1. The van der Waals surface area contributed by atoms with Gasteiger partial charge < -0.3 is 4.52 Å². The lowest BCUT2D eigenvalue weighted by atomic mass is 9.71. The monoisotopic (exact) mass is 392 g/mol. The highest BCUT2D eigenvalue weighted by molar-refractivity contribution is 7.88. The van der Waals surface area contributed by atoms with E-state index in [1.165, 1.54) is 6.26 Å². The molecule has 0 bridgehead atoms. The molecule has 9 nitrogen and oxygen atoms in total. The molecule has 1 spiro atoms. The summed E-state index contributed by atoms with van der Waals surface area (Å²) in [5.41, 5.74) is 1.01. The van der Waals surface area contributed by atoms with E-state index in [0.717, 1.165) is 43.9 Å². The third-order valence-electron chi connectivity index (χ3n) is 6.03. The van der Waals surface area contributed by atoms with Gasteiger partial charge in [-0.2, -0.15) is 10.1 Å². The second-order valence-corrected chi connectivity index (χ2v) is 10.4. The third kappa shape index (κ3) is 3.09. The van der Waals surface area contributed by atoms with Crippen LogP contribution in [0.25, 0.3) is 0 Å². The molecule has 2 saturated heterocycles. The van der Waals surface area contributed by atoms with Crippen molar-refractivity contribution in [2.45, 2.75) is 31.2 Å². The molecule has 3 aliphatic rings. The van der Waals surface area contributed by atoms with E-state index in [1.807, 2.05) is 19.4 Å². The lowest BCUT2D eigenvalue weighted by Crippen LogP contribution is -2.59. The summed E-state index contributed by atoms with van der Waals surface area (Å²) in [5.74, 6) is 1.76. The molecule has 27 heavy (non-hydrogen) atoms. The fraction of sp³-hybridized carbons (Fsp3) is 0.706. The molecule has 0 amide bonds. The van der Waals surface area contributed by atoms with E-state index < -0.39 is 10.0 Å². The van der Waals surface area contributed by atoms with Crippen molar-refractivity contribution >= 4 is 10.0 Å². The van der Waals surface area contributed by atoms with Crippen LogP contribution in [0.2, 0.25) is 0 Å². The van der Waals surface area contributed by atoms with Gasteiger partial charge in [-0.1, -0.05) is 5.16 Å². The molecule has 146 valence electrons. The number of aryl methyl sites for hydroxylation is 1. The van der Waals surface area contributed by atoms with Gasteiger partial charge in [0.15, 0.2) is 5.82 Å². The minimum absolute atomic E-state index is 0.0441. The Morgan fingerprint density at radius 1 is 1.30 bits per heavy atom. The fourth-order valence-electron chi connectivity index (χ4n) is 4.50. The Bertz CT molecular complexity index is 957. The molecule has 10 heteroatoms. The van der Waals surface area contributed by atoms with Gasteiger partial charge in [-0.15, -0.1) is 0 Å². The first-order chi connectivity index (χ1) is 12.8. The molecule has 1 saturated carbocycles. The van der Waals surface area contributed by atoms with Gasteiger partial charge in [-0.3, -0.25) is 9.58 Å². The summed E-state index contributed by atoms with van der Waals surface area (Å²) in [6.45, 7) is 3.39. The van der Waals surface area contributed by atoms with Gasteiger partial charge in [-0.25, -0.2) is 12.7 Å². The largest absolute Gasteiger partial charge is 0.339 e. The summed E-state index contributed by atoms with van der Waals surface area (Å²) in [5, 5.41) is 8.36. The highest BCUT2D eigenvalue weighted by atomic mass is 32.2. The molecule has 0 N–H and O–H groups in total. The van der Waals surface area contributed by atoms with Crippen LogP contribution in [0.5, 0.6) is 0 Å². The van der Waals surface area contributed by atoms with Crippen LogP contribution in [0.1, 0.15) is 42.0 Å². The fourth-order valence-corrected chi connectivity index (χ4v) is 5.41. The molecule has 2 aliphatic heterocycles. The van der Waals surface area contributed by atoms with Crippen molar-refractivity contribution in [2.75, 3.05) is 32.4 Å². The van der Waals surface area contributed by atoms with Gasteiger partial charge in [0.05, 0.1) is 18.4 Å². The van der Waals surface area contributed by atoms with E-state index in [0.29, 0.717) is 24.9 Å². The van der Waals surface area contributed by atoms with Crippen LogP contribution in [0.15, 0.2) is 16.9 Å². The highest BCUT2D eigenvalue weighted by Gasteiger charge is 2.58. The Morgan fingerprint density at radius 2 is 2.07 bits per heavy atom.